The molecule has 0 saturated heterocycles. The Hall–Kier alpha value is -1.71. The van der Waals surface area contributed by atoms with E-state index >= 15 is 0 Å². The molecule has 0 atom stereocenters. The lowest BCUT2D eigenvalue weighted by atomic mass is 10.2. The van der Waals surface area contributed by atoms with Gasteiger partial charge in [0.15, 0.2) is 0 Å². The van der Waals surface area contributed by atoms with Crippen LogP contribution in [0.3, 0.4) is 0 Å². The van der Waals surface area contributed by atoms with E-state index in [4.69, 9.17) is 0 Å². The van der Waals surface area contributed by atoms with Crippen molar-refractivity contribution in [3.63, 3.8) is 0 Å². The van der Waals surface area contributed by atoms with Gasteiger partial charge in [-0.1, -0.05) is 27.2 Å². The molecule has 2 rings (SSSR count). The van der Waals surface area contributed by atoms with Crippen molar-refractivity contribution in [3.05, 3.63) is 34.5 Å². The van der Waals surface area contributed by atoms with Gasteiger partial charge in [0.2, 0.25) is 0 Å². The summed E-state index contributed by atoms with van der Waals surface area (Å²) in [6.07, 6.45) is 4.90. The van der Waals surface area contributed by atoms with E-state index in [0.29, 0.717) is 0 Å². The maximum atomic E-state index is 11.0. The van der Waals surface area contributed by atoms with E-state index in [0.717, 1.165) is 29.6 Å². The number of aromatic nitrogens is 3. The van der Waals surface area contributed by atoms with Crippen LogP contribution in [0.15, 0.2) is 23.3 Å². The van der Waals surface area contributed by atoms with Crippen LogP contribution in [-0.4, -0.2) is 15.0 Å². The van der Waals surface area contributed by atoms with Gasteiger partial charge in [0, 0.05) is 7.62 Å². The van der Waals surface area contributed by atoms with Crippen molar-refractivity contribution in [3.8, 4) is 0 Å². The van der Waals surface area contributed by atoms with Crippen molar-refractivity contribution < 1.29 is 1.43 Å². The average molecular weight is 221 g/mol. The zero-order valence-electron chi connectivity index (χ0n) is 9.95. The zero-order chi connectivity index (χ0) is 12.0. The second-order valence-electron chi connectivity index (χ2n) is 3.15. The van der Waals surface area contributed by atoms with E-state index in [9.17, 15) is 4.79 Å². The third-order valence-corrected chi connectivity index (χ3v) is 2.06. The molecule has 1 N–H and O–H groups in total. The molecule has 2 heterocycles. The van der Waals surface area contributed by atoms with Crippen molar-refractivity contribution in [1.29, 1.82) is 0 Å². The summed E-state index contributed by atoms with van der Waals surface area (Å²) in [5.41, 5.74) is 2.33. The molecule has 0 spiro atoms. The monoisotopic (exact) mass is 221 g/mol. The minimum atomic E-state index is -0.175. The summed E-state index contributed by atoms with van der Waals surface area (Å²) >= 11 is 0. The topological polar surface area (TPSA) is 58.6 Å². The number of H-pyrrole nitrogens is 1. The van der Waals surface area contributed by atoms with Crippen LogP contribution in [0, 0.1) is 0 Å². The van der Waals surface area contributed by atoms with E-state index in [1.165, 1.54) is 6.20 Å². The van der Waals surface area contributed by atoms with E-state index in [2.05, 4.69) is 21.9 Å². The normalized spacial score (nSPS) is 9.69. The third-order valence-electron chi connectivity index (χ3n) is 2.06. The number of hydrogen-bond donors (Lipinski definition) is 1. The van der Waals surface area contributed by atoms with Gasteiger partial charge < -0.3 is 4.98 Å². The van der Waals surface area contributed by atoms with E-state index < -0.39 is 0 Å². The van der Waals surface area contributed by atoms with Gasteiger partial charge in [-0.2, -0.15) is 0 Å². The summed E-state index contributed by atoms with van der Waals surface area (Å²) in [6, 6.07) is 1.77. The molecule has 0 aliphatic heterocycles. The third kappa shape index (κ3) is 2.66. The van der Waals surface area contributed by atoms with Crippen LogP contribution in [-0.2, 0) is 6.42 Å². The molecule has 0 amide bonds. The van der Waals surface area contributed by atoms with Gasteiger partial charge in [0.05, 0.1) is 17.4 Å². The molecule has 4 nitrogen and oxygen atoms in total. The molecule has 0 aliphatic carbocycles. The molecule has 2 aromatic heterocycles. The molecule has 16 heavy (non-hydrogen) atoms. The highest BCUT2D eigenvalue weighted by Crippen LogP contribution is 2.11. The maximum Gasteiger partial charge on any atom is 0.266 e. The van der Waals surface area contributed by atoms with E-state index in [-0.39, 0.29) is 6.99 Å². The highest BCUT2D eigenvalue weighted by atomic mass is 16.1. The Morgan fingerprint density at radius 3 is 2.81 bits per heavy atom. The predicted octanol–water partition coefficient (Wildman–Crippen LogP) is 2.54. The van der Waals surface area contributed by atoms with Crippen molar-refractivity contribution in [1.82, 2.24) is 15.0 Å². The fourth-order valence-corrected chi connectivity index (χ4v) is 1.45. The van der Waals surface area contributed by atoms with Crippen LogP contribution in [0.4, 0.5) is 0 Å². The molecule has 0 fully saturated rings. The standard InChI is InChI=1S/C10H11N3O.C2H6.H2/c1-2-3-7-10-8(4-5-11-7)13-9(14)6-12-10;1-2;/h4-6H,2-3H2,1H3,(H,13,14);1-2H3;1H. The molecule has 88 valence electrons. The molecular weight excluding hydrogens is 202 g/mol. The molecule has 0 aromatic carbocycles. The lowest BCUT2D eigenvalue weighted by Gasteiger charge is -2.01. The van der Waals surface area contributed by atoms with Crippen LogP contribution in [0.5, 0.6) is 0 Å². The molecule has 4 heteroatoms. The highest BCUT2D eigenvalue weighted by Gasteiger charge is 2.02. The zero-order valence-corrected chi connectivity index (χ0v) is 9.95. The van der Waals surface area contributed by atoms with Crippen LogP contribution in [0.25, 0.3) is 11.0 Å². The fourth-order valence-electron chi connectivity index (χ4n) is 1.45. The largest absolute Gasteiger partial charge is 0.319 e. The SMILES string of the molecule is CC.CCCc1nccc2[nH]c(=O)cnc12.[HH]. The van der Waals surface area contributed by atoms with E-state index in [1.54, 1.807) is 12.3 Å². The van der Waals surface area contributed by atoms with Crippen molar-refractivity contribution in [2.45, 2.75) is 33.6 Å². The van der Waals surface area contributed by atoms with Gasteiger partial charge in [-0.25, -0.2) is 4.98 Å². The lowest BCUT2D eigenvalue weighted by Crippen LogP contribution is -2.06. The summed E-state index contributed by atoms with van der Waals surface area (Å²) in [4.78, 5) is 22.1. The minimum Gasteiger partial charge on any atom is -0.319 e. The molecule has 0 radical (unpaired) electrons. The highest BCUT2D eigenvalue weighted by molar-refractivity contribution is 5.75. The first-order valence-electron chi connectivity index (χ1n) is 5.64. The number of aryl methyl sites for hydroxylation is 1. The average Bonchev–Trinajstić information content (AvgIpc) is 2.32. The Kier molecular flexibility index (Phi) is 4.64. The van der Waals surface area contributed by atoms with Crippen molar-refractivity contribution in [2.24, 2.45) is 0 Å². The fraction of sp³-hybridized carbons (Fsp3) is 0.417. The summed E-state index contributed by atoms with van der Waals surface area (Å²) in [5, 5.41) is 0. The van der Waals surface area contributed by atoms with Gasteiger partial charge in [0.1, 0.15) is 5.52 Å². The molecule has 0 saturated carbocycles. The number of aromatic amines is 1. The Morgan fingerprint density at radius 2 is 2.12 bits per heavy atom. The summed E-state index contributed by atoms with van der Waals surface area (Å²) in [7, 11) is 0. The first-order valence-corrected chi connectivity index (χ1v) is 5.64. The molecule has 0 bridgehead atoms. The van der Waals surface area contributed by atoms with Gasteiger partial charge >= 0.3 is 0 Å². The number of pyridine rings is 1. The molecule has 0 aliphatic rings. The first kappa shape index (κ1) is 12.4. The number of nitrogens with zero attached hydrogens (tertiary/aromatic N) is 2. The predicted molar refractivity (Wildman–Crippen MR) is 67.6 cm³/mol. The van der Waals surface area contributed by atoms with E-state index in [1.807, 2.05) is 13.8 Å². The number of fused-ring (bicyclic) bond motifs is 1. The summed E-state index contributed by atoms with van der Waals surface area (Å²) in [5.74, 6) is 0. The van der Waals surface area contributed by atoms with Crippen LogP contribution >= 0.6 is 0 Å². The van der Waals surface area contributed by atoms with Gasteiger partial charge in [-0.05, 0) is 12.5 Å². The van der Waals surface area contributed by atoms with Crippen LogP contribution in [0.2, 0.25) is 0 Å². The quantitative estimate of drug-likeness (QED) is 0.847. The number of hydrogen-bond acceptors (Lipinski definition) is 3. The van der Waals surface area contributed by atoms with Gasteiger partial charge in [-0.15, -0.1) is 0 Å². The van der Waals surface area contributed by atoms with Crippen molar-refractivity contribution >= 4 is 11.0 Å². The Bertz CT molecular complexity index is 510. The lowest BCUT2D eigenvalue weighted by molar-refractivity contribution is 0.887. The Balaban J connectivity index is 0.000000811. The Labute approximate surface area is 96.2 Å². The maximum absolute atomic E-state index is 11.0. The Morgan fingerprint density at radius 1 is 1.38 bits per heavy atom. The van der Waals surface area contributed by atoms with Gasteiger partial charge in [-0.3, -0.25) is 9.78 Å². The number of rotatable bonds is 2. The first-order chi connectivity index (χ1) is 7.81. The summed E-state index contributed by atoms with van der Waals surface area (Å²) in [6.45, 7) is 6.09. The van der Waals surface area contributed by atoms with Crippen LogP contribution in [0.1, 0.15) is 34.3 Å². The van der Waals surface area contributed by atoms with Crippen LogP contribution < -0.4 is 5.56 Å². The van der Waals surface area contributed by atoms with Gasteiger partial charge in [0.25, 0.3) is 5.56 Å². The smallest absolute Gasteiger partial charge is 0.266 e. The second kappa shape index (κ2) is 6.00. The second-order valence-corrected chi connectivity index (χ2v) is 3.15. The summed E-state index contributed by atoms with van der Waals surface area (Å²) < 4.78 is 0. The minimum absolute atomic E-state index is 0. The molecular formula is C12H19N3O. The molecule has 2 aromatic rings. The van der Waals surface area contributed by atoms with Crippen molar-refractivity contribution in [2.75, 3.05) is 0 Å². The molecule has 0 unspecified atom stereocenters. The number of nitrogens with one attached hydrogen (secondary N) is 1.